The lowest BCUT2D eigenvalue weighted by atomic mass is 9.78. The molecular weight excluding hydrogens is 316 g/mol. The van der Waals surface area contributed by atoms with Gasteiger partial charge in [0.2, 0.25) is 5.76 Å². The second-order valence-electron chi connectivity index (χ2n) is 6.31. The van der Waals surface area contributed by atoms with E-state index < -0.39 is 16.8 Å². The summed E-state index contributed by atoms with van der Waals surface area (Å²) in [7, 11) is 0. The molecule has 1 aromatic heterocycles. The van der Waals surface area contributed by atoms with Crippen molar-refractivity contribution in [1.29, 1.82) is 0 Å². The lowest BCUT2D eigenvalue weighted by molar-refractivity contribution is -0.402. The van der Waals surface area contributed by atoms with E-state index in [9.17, 15) is 19.7 Å². The highest BCUT2D eigenvalue weighted by Gasteiger charge is 2.36. The van der Waals surface area contributed by atoms with Crippen molar-refractivity contribution in [3.63, 3.8) is 0 Å². The van der Waals surface area contributed by atoms with Crippen LogP contribution in [-0.4, -0.2) is 40.9 Å². The van der Waals surface area contributed by atoms with Crippen LogP contribution in [0.5, 0.6) is 0 Å². The number of furan rings is 1. The van der Waals surface area contributed by atoms with Crippen molar-refractivity contribution < 1.29 is 23.7 Å². The topological polar surface area (TPSA) is 103 Å². The van der Waals surface area contributed by atoms with E-state index in [-0.39, 0.29) is 24.3 Å². The summed E-state index contributed by atoms with van der Waals surface area (Å²) in [6.07, 6.45) is 6.64. The number of piperidine rings is 1. The molecule has 1 aliphatic carbocycles. The number of carbonyl (C=O) groups is 2. The van der Waals surface area contributed by atoms with E-state index in [4.69, 9.17) is 9.15 Å². The molecule has 0 radical (unpaired) electrons. The fourth-order valence-corrected chi connectivity index (χ4v) is 3.75. The Morgan fingerprint density at radius 2 is 2.00 bits per heavy atom. The van der Waals surface area contributed by atoms with Crippen molar-refractivity contribution in [1.82, 2.24) is 4.90 Å². The predicted molar refractivity (Wildman–Crippen MR) is 82.3 cm³/mol. The Morgan fingerprint density at radius 1 is 1.25 bits per heavy atom. The first-order valence-corrected chi connectivity index (χ1v) is 8.27. The number of amides is 1. The Balaban J connectivity index is 1.56. The third-order valence-corrected chi connectivity index (χ3v) is 4.86. The molecular formula is C16H20N2O6. The standard InChI is InChI=1S/C16H20N2O6/c19-14(17-9-3-5-11-4-1-2-6-12(11)17)10-23-16(20)13-7-8-15(24-13)18(21)22/h7-8,11-12H,1-6,9-10H2/t11-,12-/m1/s1. The van der Waals surface area contributed by atoms with Crippen molar-refractivity contribution in [2.24, 2.45) is 5.92 Å². The number of carbonyl (C=O) groups excluding carboxylic acids is 2. The normalized spacial score (nSPS) is 23.4. The molecule has 24 heavy (non-hydrogen) atoms. The van der Waals surface area contributed by atoms with Crippen LogP contribution in [0.2, 0.25) is 0 Å². The maximum Gasteiger partial charge on any atom is 0.433 e. The van der Waals surface area contributed by atoms with Crippen molar-refractivity contribution in [3.8, 4) is 0 Å². The average Bonchev–Trinajstić information content (AvgIpc) is 3.09. The number of likely N-dealkylation sites (tertiary alicyclic amines) is 1. The maximum absolute atomic E-state index is 12.4. The van der Waals surface area contributed by atoms with Gasteiger partial charge in [-0.1, -0.05) is 12.8 Å². The number of esters is 1. The van der Waals surface area contributed by atoms with Gasteiger partial charge in [0.15, 0.2) is 6.61 Å². The summed E-state index contributed by atoms with van der Waals surface area (Å²) >= 11 is 0. The van der Waals surface area contributed by atoms with E-state index in [0.717, 1.165) is 38.2 Å². The minimum absolute atomic E-state index is 0.207. The molecule has 8 nitrogen and oxygen atoms in total. The van der Waals surface area contributed by atoms with Gasteiger partial charge in [0.1, 0.15) is 4.92 Å². The molecule has 2 atom stereocenters. The molecule has 3 rings (SSSR count). The number of ether oxygens (including phenoxy) is 1. The first-order valence-electron chi connectivity index (χ1n) is 8.27. The Kier molecular flexibility index (Phi) is 4.82. The van der Waals surface area contributed by atoms with Crippen LogP contribution in [0.15, 0.2) is 16.5 Å². The van der Waals surface area contributed by atoms with Crippen LogP contribution in [0.3, 0.4) is 0 Å². The van der Waals surface area contributed by atoms with Crippen molar-refractivity contribution in [2.75, 3.05) is 13.2 Å². The van der Waals surface area contributed by atoms with Gasteiger partial charge in [-0.15, -0.1) is 0 Å². The highest BCUT2D eigenvalue weighted by atomic mass is 16.7. The molecule has 2 aliphatic rings. The van der Waals surface area contributed by atoms with Crippen molar-refractivity contribution >= 4 is 17.8 Å². The summed E-state index contributed by atoms with van der Waals surface area (Å²) in [6.45, 7) is 0.334. The Hall–Kier alpha value is -2.38. The van der Waals surface area contributed by atoms with Crippen LogP contribution in [0.4, 0.5) is 5.88 Å². The van der Waals surface area contributed by atoms with Gasteiger partial charge in [0.25, 0.3) is 5.91 Å². The minimum atomic E-state index is -0.867. The quantitative estimate of drug-likeness (QED) is 0.475. The molecule has 0 N–H and O–H groups in total. The summed E-state index contributed by atoms with van der Waals surface area (Å²) in [6, 6.07) is 2.50. The van der Waals surface area contributed by atoms with Crippen LogP contribution >= 0.6 is 0 Å². The van der Waals surface area contributed by atoms with Gasteiger partial charge in [0, 0.05) is 12.6 Å². The fraction of sp³-hybridized carbons (Fsp3) is 0.625. The highest BCUT2D eigenvalue weighted by molar-refractivity contribution is 5.89. The van der Waals surface area contributed by atoms with Gasteiger partial charge in [-0.05, 0) is 37.7 Å². The SMILES string of the molecule is O=C(OCC(=O)N1CCC[C@H]2CCCC[C@H]21)c1ccc([N+](=O)[O-])o1. The Bertz CT molecular complexity index is 638. The molecule has 130 valence electrons. The van der Waals surface area contributed by atoms with Gasteiger partial charge >= 0.3 is 11.9 Å². The van der Waals surface area contributed by atoms with Gasteiger partial charge in [0.05, 0.1) is 6.07 Å². The van der Waals surface area contributed by atoms with E-state index in [1.807, 2.05) is 4.90 Å². The number of nitrogens with zero attached hydrogens (tertiary/aromatic N) is 2. The predicted octanol–water partition coefficient (Wildman–Crippen LogP) is 2.53. The second-order valence-corrected chi connectivity index (χ2v) is 6.31. The van der Waals surface area contributed by atoms with E-state index in [1.54, 1.807) is 0 Å². The molecule has 1 saturated carbocycles. The van der Waals surface area contributed by atoms with E-state index in [0.29, 0.717) is 12.5 Å². The molecule has 1 aromatic rings. The molecule has 2 heterocycles. The van der Waals surface area contributed by atoms with Gasteiger partial charge < -0.3 is 14.1 Å². The van der Waals surface area contributed by atoms with E-state index in [2.05, 4.69) is 0 Å². The Labute approximate surface area is 138 Å². The zero-order chi connectivity index (χ0) is 17.1. The first-order chi connectivity index (χ1) is 11.6. The van der Waals surface area contributed by atoms with Gasteiger partial charge in [-0.3, -0.25) is 14.9 Å². The second kappa shape index (κ2) is 7.02. The summed E-state index contributed by atoms with van der Waals surface area (Å²) in [5, 5.41) is 10.5. The van der Waals surface area contributed by atoms with Crippen LogP contribution in [-0.2, 0) is 9.53 Å². The smallest absolute Gasteiger partial charge is 0.433 e. The summed E-state index contributed by atoms with van der Waals surface area (Å²) in [5.41, 5.74) is 0. The van der Waals surface area contributed by atoms with Crippen LogP contribution in [0, 0.1) is 16.0 Å². The molecule has 1 aliphatic heterocycles. The number of hydrogen-bond donors (Lipinski definition) is 0. The summed E-state index contributed by atoms with van der Waals surface area (Å²) in [4.78, 5) is 35.9. The third kappa shape index (κ3) is 3.42. The van der Waals surface area contributed by atoms with Crippen LogP contribution in [0.1, 0.15) is 49.1 Å². The molecule has 0 bridgehead atoms. The number of hydrogen-bond acceptors (Lipinski definition) is 6. The van der Waals surface area contributed by atoms with Gasteiger partial charge in [-0.25, -0.2) is 4.79 Å². The fourth-order valence-electron chi connectivity index (χ4n) is 3.75. The van der Waals surface area contributed by atoms with Gasteiger partial charge in [-0.2, -0.15) is 0 Å². The maximum atomic E-state index is 12.4. The number of nitro groups is 1. The minimum Gasteiger partial charge on any atom is -0.450 e. The van der Waals surface area contributed by atoms with Crippen molar-refractivity contribution in [3.05, 3.63) is 28.0 Å². The first kappa shape index (κ1) is 16.5. The molecule has 0 spiro atoms. The zero-order valence-corrected chi connectivity index (χ0v) is 13.3. The number of fused-ring (bicyclic) bond motifs is 1. The zero-order valence-electron chi connectivity index (χ0n) is 13.3. The van der Waals surface area contributed by atoms with Crippen LogP contribution < -0.4 is 0 Å². The average molecular weight is 336 g/mol. The van der Waals surface area contributed by atoms with Crippen molar-refractivity contribution in [2.45, 2.75) is 44.6 Å². The van der Waals surface area contributed by atoms with E-state index in [1.165, 1.54) is 12.5 Å². The number of rotatable bonds is 4. The lowest BCUT2D eigenvalue weighted by Crippen LogP contribution is -2.50. The highest BCUT2D eigenvalue weighted by Crippen LogP contribution is 2.35. The molecule has 8 heteroatoms. The molecule has 2 fully saturated rings. The molecule has 1 saturated heterocycles. The Morgan fingerprint density at radius 3 is 2.75 bits per heavy atom. The summed E-state index contributed by atoms with van der Waals surface area (Å²) in [5.74, 6) is -1.33. The largest absolute Gasteiger partial charge is 0.450 e. The summed E-state index contributed by atoms with van der Waals surface area (Å²) < 4.78 is 9.74. The molecule has 0 unspecified atom stereocenters. The monoisotopic (exact) mass is 336 g/mol. The lowest BCUT2D eigenvalue weighted by Gasteiger charge is -2.44. The molecule has 1 amide bonds. The van der Waals surface area contributed by atoms with E-state index >= 15 is 0 Å². The van der Waals surface area contributed by atoms with Crippen LogP contribution in [0.25, 0.3) is 0 Å². The molecule has 0 aromatic carbocycles. The third-order valence-electron chi connectivity index (χ3n) is 4.86.